The van der Waals surface area contributed by atoms with E-state index in [9.17, 15) is 9.59 Å². The summed E-state index contributed by atoms with van der Waals surface area (Å²) in [6, 6.07) is 7.29. The van der Waals surface area contributed by atoms with Gasteiger partial charge in [-0.3, -0.25) is 9.59 Å². The molecule has 2 N–H and O–H groups in total. The minimum Gasteiger partial charge on any atom is -0.442 e. The number of hydrogen-bond acceptors (Lipinski definition) is 5. The van der Waals surface area contributed by atoms with Crippen LogP contribution in [0.2, 0.25) is 0 Å². The lowest BCUT2D eigenvalue weighted by molar-refractivity contribution is 0.102. The van der Waals surface area contributed by atoms with Gasteiger partial charge in [-0.2, -0.15) is 0 Å². The highest BCUT2D eigenvalue weighted by molar-refractivity contribution is 6.12. The van der Waals surface area contributed by atoms with E-state index in [1.165, 1.54) is 10.9 Å². The Bertz CT molecular complexity index is 1150. The lowest BCUT2D eigenvalue weighted by Gasteiger charge is -2.06. The van der Waals surface area contributed by atoms with Crippen LogP contribution >= 0.6 is 0 Å². The van der Waals surface area contributed by atoms with Gasteiger partial charge in [-0.15, -0.1) is 0 Å². The molecule has 0 saturated heterocycles. The second kappa shape index (κ2) is 5.99. The summed E-state index contributed by atoms with van der Waals surface area (Å²) < 4.78 is 6.78. The molecule has 4 aromatic rings. The van der Waals surface area contributed by atoms with Gasteiger partial charge in [-0.05, 0) is 24.6 Å². The number of carbonyl (C=O) groups excluding carboxylic acids is 1. The number of rotatable bonds is 3. The van der Waals surface area contributed by atoms with Gasteiger partial charge in [0, 0.05) is 12.7 Å². The summed E-state index contributed by atoms with van der Waals surface area (Å²) in [5.74, 6) is -0.0666. The first-order chi connectivity index (χ1) is 12.5. The van der Waals surface area contributed by atoms with E-state index < -0.39 is 5.91 Å². The molecule has 130 valence electrons. The number of hydrogen-bond donors (Lipinski definition) is 2. The summed E-state index contributed by atoms with van der Waals surface area (Å²) in [5, 5.41) is 2.98. The van der Waals surface area contributed by atoms with Gasteiger partial charge in [0.1, 0.15) is 17.5 Å². The highest BCUT2D eigenvalue weighted by Crippen LogP contribution is 2.23. The Morgan fingerprint density at radius 2 is 2.04 bits per heavy atom. The van der Waals surface area contributed by atoms with Crippen LogP contribution in [0.3, 0.4) is 0 Å². The van der Waals surface area contributed by atoms with Gasteiger partial charge in [-0.25, -0.2) is 9.97 Å². The van der Waals surface area contributed by atoms with Crippen LogP contribution in [-0.2, 0) is 7.05 Å². The highest BCUT2D eigenvalue weighted by atomic mass is 16.3. The van der Waals surface area contributed by atoms with Crippen LogP contribution in [-0.4, -0.2) is 25.4 Å². The first kappa shape index (κ1) is 15.8. The number of furan rings is 1. The smallest absolute Gasteiger partial charge is 0.265 e. The van der Waals surface area contributed by atoms with Crippen molar-refractivity contribution in [2.75, 3.05) is 5.32 Å². The van der Waals surface area contributed by atoms with Gasteiger partial charge in [0.05, 0.1) is 23.8 Å². The van der Waals surface area contributed by atoms with Crippen molar-refractivity contribution in [3.8, 4) is 11.3 Å². The van der Waals surface area contributed by atoms with E-state index in [0.717, 1.165) is 11.3 Å². The van der Waals surface area contributed by atoms with Gasteiger partial charge in [0.2, 0.25) is 5.71 Å². The average Bonchev–Trinajstić information content (AvgIpc) is 3.26. The van der Waals surface area contributed by atoms with Crippen molar-refractivity contribution in [2.45, 2.75) is 6.92 Å². The fraction of sp³-hybridized carbons (Fsp3) is 0.111. The number of nitrogens with one attached hydrogen (secondary N) is 2. The first-order valence-corrected chi connectivity index (χ1v) is 7.89. The lowest BCUT2D eigenvalue weighted by atomic mass is 10.1. The van der Waals surface area contributed by atoms with Crippen LogP contribution < -0.4 is 10.9 Å². The maximum absolute atomic E-state index is 12.7. The molecular weight excluding hydrogens is 334 g/mol. The molecule has 3 heterocycles. The molecule has 0 atom stereocenters. The van der Waals surface area contributed by atoms with Crippen molar-refractivity contribution < 1.29 is 9.21 Å². The summed E-state index contributed by atoms with van der Waals surface area (Å²) in [5.41, 5.74) is 2.47. The molecular formula is C18H15N5O3. The van der Waals surface area contributed by atoms with E-state index in [-0.39, 0.29) is 22.2 Å². The molecule has 0 aliphatic rings. The third kappa shape index (κ3) is 2.57. The Hall–Kier alpha value is -3.68. The number of fused-ring (bicyclic) bond motifs is 1. The lowest BCUT2D eigenvalue weighted by Crippen LogP contribution is -2.20. The first-order valence-electron chi connectivity index (χ1n) is 7.89. The van der Waals surface area contributed by atoms with E-state index in [2.05, 4.69) is 20.3 Å². The Morgan fingerprint density at radius 1 is 1.27 bits per heavy atom. The summed E-state index contributed by atoms with van der Waals surface area (Å²) in [6.45, 7) is 1.64. The van der Waals surface area contributed by atoms with Gasteiger partial charge >= 0.3 is 0 Å². The van der Waals surface area contributed by atoms with Gasteiger partial charge in [0.25, 0.3) is 11.5 Å². The molecule has 1 aromatic carbocycles. The topological polar surface area (TPSA) is 106 Å². The van der Waals surface area contributed by atoms with Crippen LogP contribution in [0.1, 0.15) is 16.1 Å². The Labute approximate surface area is 147 Å². The van der Waals surface area contributed by atoms with Crippen molar-refractivity contribution >= 4 is 22.7 Å². The Morgan fingerprint density at radius 3 is 2.73 bits per heavy atom. The zero-order valence-electron chi connectivity index (χ0n) is 14.1. The van der Waals surface area contributed by atoms with Crippen molar-refractivity contribution in [1.29, 1.82) is 0 Å². The molecule has 1 amide bonds. The van der Waals surface area contributed by atoms with Gasteiger partial charge < -0.3 is 19.3 Å². The van der Waals surface area contributed by atoms with Crippen molar-refractivity contribution in [1.82, 2.24) is 19.5 Å². The van der Waals surface area contributed by atoms with Crippen LogP contribution in [0.15, 0.2) is 52.3 Å². The zero-order valence-corrected chi connectivity index (χ0v) is 14.1. The summed E-state index contributed by atoms with van der Waals surface area (Å²) in [7, 11) is 1.58. The van der Waals surface area contributed by atoms with Gasteiger partial charge in [0.15, 0.2) is 0 Å². The molecule has 0 saturated carbocycles. The normalized spacial score (nSPS) is 11.0. The molecule has 0 spiro atoms. The second-order valence-corrected chi connectivity index (χ2v) is 5.87. The van der Waals surface area contributed by atoms with Crippen LogP contribution in [0.4, 0.5) is 5.69 Å². The van der Waals surface area contributed by atoms with Crippen molar-refractivity contribution in [3.63, 3.8) is 0 Å². The third-order valence-corrected chi connectivity index (χ3v) is 4.13. The van der Waals surface area contributed by atoms with Gasteiger partial charge in [-0.1, -0.05) is 12.1 Å². The van der Waals surface area contributed by atoms with Crippen molar-refractivity contribution in [2.24, 2.45) is 7.05 Å². The summed E-state index contributed by atoms with van der Waals surface area (Å²) in [6.07, 6.45) is 4.69. The fourth-order valence-corrected chi connectivity index (χ4v) is 2.80. The van der Waals surface area contributed by atoms with E-state index >= 15 is 0 Å². The number of H-pyrrole nitrogens is 1. The highest BCUT2D eigenvalue weighted by Gasteiger charge is 2.22. The maximum Gasteiger partial charge on any atom is 0.265 e. The van der Waals surface area contributed by atoms with Crippen LogP contribution in [0.5, 0.6) is 0 Å². The molecule has 0 aliphatic carbocycles. The van der Waals surface area contributed by atoms with E-state index in [1.54, 1.807) is 38.6 Å². The molecule has 8 heteroatoms. The number of carbonyl (C=O) groups is 1. The molecule has 0 unspecified atom stereocenters. The van der Waals surface area contributed by atoms with Crippen LogP contribution in [0, 0.1) is 6.92 Å². The molecule has 0 aliphatic heterocycles. The molecule has 0 radical (unpaired) electrons. The standard InChI is InChI=1S/C18H15N5O3/c1-10-14(15-17(26-10)21-9-23(2)18(15)25)16(24)22-12-5-3-11(4-6-12)13-7-19-8-20-13/h3-9H,1-2H3,(H,19,20)(H,22,24). The Kier molecular flexibility index (Phi) is 3.65. The molecule has 8 nitrogen and oxygen atoms in total. The average molecular weight is 349 g/mol. The SMILES string of the molecule is Cc1oc2ncn(C)c(=O)c2c1C(=O)Nc1ccc(-c2cnc[nH]2)cc1. The fourth-order valence-electron chi connectivity index (χ4n) is 2.80. The number of aromatic nitrogens is 4. The van der Waals surface area contributed by atoms with Crippen LogP contribution in [0.25, 0.3) is 22.4 Å². The van der Waals surface area contributed by atoms with Crippen molar-refractivity contribution in [3.05, 3.63) is 64.8 Å². The predicted octanol–water partition coefficient (Wildman–Crippen LogP) is 2.48. The molecule has 26 heavy (non-hydrogen) atoms. The number of anilines is 1. The molecule has 0 bridgehead atoms. The molecule has 0 fully saturated rings. The maximum atomic E-state index is 12.7. The number of aromatic amines is 1. The monoisotopic (exact) mass is 349 g/mol. The van der Waals surface area contributed by atoms with E-state index in [0.29, 0.717) is 11.4 Å². The van der Waals surface area contributed by atoms with E-state index in [1.807, 2.05) is 12.1 Å². The third-order valence-electron chi connectivity index (χ3n) is 4.13. The van der Waals surface area contributed by atoms with E-state index in [4.69, 9.17) is 4.42 Å². The molecule has 4 rings (SSSR count). The minimum absolute atomic E-state index is 0.158. The number of nitrogens with zero attached hydrogens (tertiary/aromatic N) is 3. The minimum atomic E-state index is -0.416. The predicted molar refractivity (Wildman–Crippen MR) is 96.0 cm³/mol. The largest absolute Gasteiger partial charge is 0.442 e. The molecule has 3 aromatic heterocycles. The zero-order chi connectivity index (χ0) is 18.3. The summed E-state index contributed by atoms with van der Waals surface area (Å²) >= 11 is 0. The number of imidazole rings is 1. The number of aryl methyl sites for hydroxylation is 2. The number of benzene rings is 1. The second-order valence-electron chi connectivity index (χ2n) is 5.87. The Balaban J connectivity index is 1.67. The summed E-state index contributed by atoms with van der Waals surface area (Å²) in [4.78, 5) is 36.2. The quantitative estimate of drug-likeness (QED) is 0.591. The number of amides is 1.